The van der Waals surface area contributed by atoms with Gasteiger partial charge >= 0.3 is 0 Å². The summed E-state index contributed by atoms with van der Waals surface area (Å²) in [6.07, 6.45) is 6.50. The van der Waals surface area contributed by atoms with Crippen molar-refractivity contribution in [1.29, 1.82) is 0 Å². The fourth-order valence-corrected chi connectivity index (χ4v) is 3.15. The van der Waals surface area contributed by atoms with Crippen molar-refractivity contribution >= 4 is 27.7 Å². The molecule has 1 saturated carbocycles. The Labute approximate surface area is 126 Å². The number of halogens is 1. The zero-order valence-electron chi connectivity index (χ0n) is 11.1. The Morgan fingerprint density at radius 1 is 1.25 bits per heavy atom. The summed E-state index contributed by atoms with van der Waals surface area (Å²) in [6.45, 7) is 0. The fraction of sp³-hybridized carbons (Fsp3) is 0.333. The number of nitrogens with zero attached hydrogens (tertiary/aromatic N) is 2. The topological polar surface area (TPSA) is 46.9 Å². The van der Waals surface area contributed by atoms with Crippen molar-refractivity contribution in [3.05, 3.63) is 46.6 Å². The molecule has 1 heterocycles. The number of carbonyl (C=O) groups is 1. The first kappa shape index (κ1) is 13.4. The van der Waals surface area contributed by atoms with Crippen molar-refractivity contribution in [2.75, 3.05) is 5.32 Å². The molecule has 0 bridgehead atoms. The molecule has 0 saturated heterocycles. The van der Waals surface area contributed by atoms with E-state index in [0.717, 1.165) is 23.1 Å². The molecule has 1 aliphatic carbocycles. The van der Waals surface area contributed by atoms with E-state index >= 15 is 0 Å². The SMILES string of the molecule is O=C(Nc1ccnn1C1CCCC1)c1ccccc1Br. The lowest BCUT2D eigenvalue weighted by molar-refractivity contribution is 0.102. The van der Waals surface area contributed by atoms with Crippen molar-refractivity contribution in [2.45, 2.75) is 31.7 Å². The van der Waals surface area contributed by atoms with Crippen LogP contribution in [0.3, 0.4) is 0 Å². The maximum Gasteiger partial charge on any atom is 0.257 e. The van der Waals surface area contributed by atoms with Gasteiger partial charge in [0.15, 0.2) is 0 Å². The molecular weight excluding hydrogens is 318 g/mol. The van der Waals surface area contributed by atoms with Gasteiger partial charge in [-0.05, 0) is 40.9 Å². The molecule has 0 atom stereocenters. The van der Waals surface area contributed by atoms with Crippen molar-refractivity contribution in [3.63, 3.8) is 0 Å². The molecule has 0 aliphatic heterocycles. The zero-order chi connectivity index (χ0) is 13.9. The number of rotatable bonds is 3. The third kappa shape index (κ3) is 2.63. The summed E-state index contributed by atoms with van der Waals surface area (Å²) < 4.78 is 2.74. The number of amides is 1. The Bertz CT molecular complexity index is 617. The van der Waals surface area contributed by atoms with Crippen LogP contribution in [-0.2, 0) is 0 Å². The van der Waals surface area contributed by atoms with Gasteiger partial charge in [-0.2, -0.15) is 5.10 Å². The smallest absolute Gasteiger partial charge is 0.257 e. The second kappa shape index (κ2) is 5.79. The molecule has 2 aromatic rings. The van der Waals surface area contributed by atoms with E-state index in [1.54, 1.807) is 12.3 Å². The molecule has 5 heteroatoms. The van der Waals surface area contributed by atoms with Gasteiger partial charge in [0, 0.05) is 10.5 Å². The van der Waals surface area contributed by atoms with Crippen LogP contribution < -0.4 is 5.32 Å². The summed E-state index contributed by atoms with van der Waals surface area (Å²) in [5.41, 5.74) is 0.631. The Hall–Kier alpha value is -1.62. The predicted octanol–water partition coefficient (Wildman–Crippen LogP) is 4.01. The third-order valence-corrected chi connectivity index (χ3v) is 4.39. The van der Waals surface area contributed by atoms with Gasteiger partial charge in [-0.1, -0.05) is 25.0 Å². The summed E-state index contributed by atoms with van der Waals surface area (Å²) in [5.74, 6) is 0.662. The predicted molar refractivity (Wildman–Crippen MR) is 81.8 cm³/mol. The summed E-state index contributed by atoms with van der Waals surface area (Å²) in [6, 6.07) is 9.68. The molecule has 1 aliphatic rings. The first-order chi connectivity index (χ1) is 9.75. The average molecular weight is 334 g/mol. The van der Waals surface area contributed by atoms with Crippen molar-refractivity contribution in [1.82, 2.24) is 9.78 Å². The van der Waals surface area contributed by atoms with Gasteiger partial charge in [-0.3, -0.25) is 4.79 Å². The molecule has 0 spiro atoms. The van der Waals surface area contributed by atoms with E-state index in [1.807, 2.05) is 28.9 Å². The van der Waals surface area contributed by atoms with Gasteiger partial charge in [0.2, 0.25) is 0 Å². The number of nitrogens with one attached hydrogen (secondary N) is 1. The van der Waals surface area contributed by atoms with E-state index in [1.165, 1.54) is 12.8 Å². The largest absolute Gasteiger partial charge is 0.307 e. The van der Waals surface area contributed by atoms with Crippen LogP contribution in [0.4, 0.5) is 5.82 Å². The molecule has 1 amide bonds. The summed E-state index contributed by atoms with van der Waals surface area (Å²) in [7, 11) is 0. The van der Waals surface area contributed by atoms with Crippen LogP contribution in [0.2, 0.25) is 0 Å². The Morgan fingerprint density at radius 3 is 2.75 bits per heavy atom. The molecule has 104 valence electrons. The molecule has 0 unspecified atom stereocenters. The summed E-state index contributed by atoms with van der Waals surface area (Å²) in [5, 5.41) is 7.31. The van der Waals surface area contributed by atoms with Crippen LogP contribution in [0.25, 0.3) is 0 Å². The van der Waals surface area contributed by atoms with Gasteiger partial charge in [-0.15, -0.1) is 0 Å². The maximum absolute atomic E-state index is 12.3. The Morgan fingerprint density at radius 2 is 2.00 bits per heavy atom. The lowest BCUT2D eigenvalue weighted by Gasteiger charge is -2.15. The van der Waals surface area contributed by atoms with E-state index < -0.39 is 0 Å². The normalized spacial score (nSPS) is 15.4. The minimum atomic E-state index is -0.114. The minimum absolute atomic E-state index is 0.114. The minimum Gasteiger partial charge on any atom is -0.307 e. The molecular formula is C15H16BrN3O. The highest BCUT2D eigenvalue weighted by Gasteiger charge is 2.21. The molecule has 1 aromatic carbocycles. The molecule has 4 nitrogen and oxygen atoms in total. The number of hydrogen-bond acceptors (Lipinski definition) is 2. The fourth-order valence-electron chi connectivity index (χ4n) is 2.68. The van der Waals surface area contributed by atoms with E-state index in [0.29, 0.717) is 11.6 Å². The van der Waals surface area contributed by atoms with Crippen LogP contribution >= 0.6 is 15.9 Å². The van der Waals surface area contributed by atoms with Crippen molar-refractivity contribution in [2.24, 2.45) is 0 Å². The second-order valence-corrected chi connectivity index (χ2v) is 5.89. The highest BCUT2D eigenvalue weighted by Crippen LogP contribution is 2.31. The van der Waals surface area contributed by atoms with E-state index in [-0.39, 0.29) is 5.91 Å². The molecule has 1 fully saturated rings. The van der Waals surface area contributed by atoms with Crippen LogP contribution in [-0.4, -0.2) is 15.7 Å². The van der Waals surface area contributed by atoms with Gasteiger partial charge in [0.1, 0.15) is 5.82 Å². The number of carbonyl (C=O) groups excluding carboxylic acids is 1. The highest BCUT2D eigenvalue weighted by molar-refractivity contribution is 9.10. The Balaban J connectivity index is 1.80. The number of aromatic nitrogens is 2. The third-order valence-electron chi connectivity index (χ3n) is 3.70. The molecule has 20 heavy (non-hydrogen) atoms. The Kier molecular flexibility index (Phi) is 3.87. The zero-order valence-corrected chi connectivity index (χ0v) is 12.6. The van der Waals surface area contributed by atoms with Crippen molar-refractivity contribution < 1.29 is 4.79 Å². The standard InChI is InChI=1S/C15H16BrN3O/c16-13-8-4-3-7-12(13)15(20)18-14-9-10-17-19(14)11-5-1-2-6-11/h3-4,7-11H,1-2,5-6H2,(H,18,20). The maximum atomic E-state index is 12.3. The van der Waals surface area contributed by atoms with Crippen LogP contribution in [0, 0.1) is 0 Å². The van der Waals surface area contributed by atoms with Gasteiger partial charge in [0.05, 0.1) is 17.8 Å². The molecule has 0 radical (unpaired) electrons. The van der Waals surface area contributed by atoms with Gasteiger partial charge < -0.3 is 5.32 Å². The van der Waals surface area contributed by atoms with Crippen molar-refractivity contribution in [3.8, 4) is 0 Å². The summed E-state index contributed by atoms with van der Waals surface area (Å²) >= 11 is 3.40. The van der Waals surface area contributed by atoms with Gasteiger partial charge in [0.25, 0.3) is 5.91 Å². The first-order valence-electron chi connectivity index (χ1n) is 6.85. The highest BCUT2D eigenvalue weighted by atomic mass is 79.9. The van der Waals surface area contributed by atoms with Gasteiger partial charge in [-0.25, -0.2) is 4.68 Å². The number of hydrogen-bond donors (Lipinski definition) is 1. The summed E-state index contributed by atoms with van der Waals surface area (Å²) in [4.78, 5) is 12.3. The van der Waals surface area contributed by atoms with E-state index in [4.69, 9.17) is 0 Å². The average Bonchev–Trinajstić information content (AvgIpc) is 3.09. The van der Waals surface area contributed by atoms with Crippen LogP contribution in [0.1, 0.15) is 42.1 Å². The quantitative estimate of drug-likeness (QED) is 0.922. The number of anilines is 1. The van der Waals surface area contributed by atoms with E-state index in [9.17, 15) is 4.79 Å². The molecule has 3 rings (SSSR count). The van der Waals surface area contributed by atoms with Crippen LogP contribution in [0.5, 0.6) is 0 Å². The first-order valence-corrected chi connectivity index (χ1v) is 7.64. The van der Waals surface area contributed by atoms with E-state index in [2.05, 4.69) is 26.3 Å². The number of benzene rings is 1. The lowest BCUT2D eigenvalue weighted by Crippen LogP contribution is -2.18. The van der Waals surface area contributed by atoms with Crippen LogP contribution in [0.15, 0.2) is 41.0 Å². The second-order valence-electron chi connectivity index (χ2n) is 5.03. The lowest BCUT2D eigenvalue weighted by atomic mass is 10.2. The molecule has 1 aromatic heterocycles. The monoisotopic (exact) mass is 333 g/mol. The molecule has 1 N–H and O–H groups in total.